The van der Waals surface area contributed by atoms with Crippen LogP contribution in [-0.4, -0.2) is 16.3 Å². The molecule has 1 aromatic carbocycles. The van der Waals surface area contributed by atoms with E-state index in [0.29, 0.717) is 5.56 Å². The topological polar surface area (TPSA) is 40.5 Å². The Balaban J connectivity index is 2.80. The van der Waals surface area contributed by atoms with Crippen LogP contribution in [0.3, 0.4) is 0 Å². The third-order valence-electron chi connectivity index (χ3n) is 1.89. The third-order valence-corrected chi connectivity index (χ3v) is 2.20. The molecule has 0 aliphatic heterocycles. The van der Waals surface area contributed by atoms with Crippen LogP contribution >= 0.6 is 11.6 Å². The van der Waals surface area contributed by atoms with Crippen LogP contribution in [-0.2, 0) is 0 Å². The van der Waals surface area contributed by atoms with Crippen molar-refractivity contribution in [3.05, 3.63) is 34.6 Å². The lowest BCUT2D eigenvalue weighted by Gasteiger charge is -2.12. The summed E-state index contributed by atoms with van der Waals surface area (Å²) in [6.45, 7) is 1.56. The Kier molecular flexibility index (Phi) is 3.86. The average molecular weight is 219 g/mol. The molecule has 2 nitrogen and oxygen atoms in total. The molecule has 2 N–H and O–H groups in total. The summed E-state index contributed by atoms with van der Waals surface area (Å²) < 4.78 is 13.0. The van der Waals surface area contributed by atoms with E-state index in [0.717, 1.165) is 0 Å². The number of hydrogen-bond donors (Lipinski definition) is 2. The maximum Gasteiger partial charge on any atom is 0.142 e. The minimum atomic E-state index is -0.859. The van der Waals surface area contributed by atoms with Crippen LogP contribution in [0, 0.1) is 5.82 Å². The van der Waals surface area contributed by atoms with Crippen molar-refractivity contribution in [3.8, 4) is 0 Å². The van der Waals surface area contributed by atoms with E-state index in [1.807, 2.05) is 0 Å². The first-order valence-corrected chi connectivity index (χ1v) is 4.69. The van der Waals surface area contributed by atoms with Crippen LogP contribution < -0.4 is 0 Å². The summed E-state index contributed by atoms with van der Waals surface area (Å²) in [6, 6.07) is 4.10. The quantitative estimate of drug-likeness (QED) is 0.817. The number of aliphatic hydroxyl groups is 2. The summed E-state index contributed by atoms with van der Waals surface area (Å²) in [4.78, 5) is 0. The Morgan fingerprint density at radius 2 is 2.07 bits per heavy atom. The molecule has 2 atom stereocenters. The molecular formula is C10H12ClFO2. The molecule has 0 amide bonds. The van der Waals surface area contributed by atoms with Gasteiger partial charge in [-0.15, -0.1) is 0 Å². The van der Waals surface area contributed by atoms with E-state index in [9.17, 15) is 9.50 Å². The van der Waals surface area contributed by atoms with E-state index in [4.69, 9.17) is 16.7 Å². The van der Waals surface area contributed by atoms with Gasteiger partial charge in [0.2, 0.25) is 0 Å². The number of hydrogen-bond acceptors (Lipinski definition) is 2. The SMILES string of the molecule is CC(O)CC(O)c1ccc(Cl)c(F)c1. The molecule has 0 saturated carbocycles. The highest BCUT2D eigenvalue weighted by atomic mass is 35.5. The molecule has 78 valence electrons. The summed E-state index contributed by atoms with van der Waals surface area (Å²) in [6.07, 6.45) is -1.30. The van der Waals surface area contributed by atoms with Crippen molar-refractivity contribution in [2.45, 2.75) is 25.6 Å². The van der Waals surface area contributed by atoms with E-state index in [2.05, 4.69) is 0 Å². The first-order valence-electron chi connectivity index (χ1n) is 4.31. The fourth-order valence-electron chi connectivity index (χ4n) is 1.18. The minimum Gasteiger partial charge on any atom is -0.393 e. The predicted molar refractivity (Wildman–Crippen MR) is 52.7 cm³/mol. The van der Waals surface area contributed by atoms with Crippen molar-refractivity contribution in [2.24, 2.45) is 0 Å². The molecule has 0 aliphatic rings. The zero-order chi connectivity index (χ0) is 10.7. The summed E-state index contributed by atoms with van der Waals surface area (Å²) in [7, 11) is 0. The van der Waals surface area contributed by atoms with E-state index >= 15 is 0 Å². The molecule has 0 heterocycles. The van der Waals surface area contributed by atoms with Gasteiger partial charge in [-0.05, 0) is 24.6 Å². The van der Waals surface area contributed by atoms with Gasteiger partial charge in [0.1, 0.15) is 5.82 Å². The molecule has 1 aromatic rings. The van der Waals surface area contributed by atoms with Crippen LogP contribution in [0.4, 0.5) is 4.39 Å². The maximum absolute atomic E-state index is 13.0. The molecular weight excluding hydrogens is 207 g/mol. The molecule has 14 heavy (non-hydrogen) atoms. The van der Waals surface area contributed by atoms with Gasteiger partial charge in [0.05, 0.1) is 17.2 Å². The second-order valence-corrected chi connectivity index (χ2v) is 3.68. The normalized spacial score (nSPS) is 15.2. The van der Waals surface area contributed by atoms with Gasteiger partial charge < -0.3 is 10.2 Å². The van der Waals surface area contributed by atoms with Gasteiger partial charge in [-0.25, -0.2) is 4.39 Å². The summed E-state index contributed by atoms with van der Waals surface area (Å²) in [5.41, 5.74) is 0.424. The minimum absolute atomic E-state index is 0.0259. The van der Waals surface area contributed by atoms with Crippen molar-refractivity contribution >= 4 is 11.6 Å². The second-order valence-electron chi connectivity index (χ2n) is 3.27. The monoisotopic (exact) mass is 218 g/mol. The predicted octanol–water partition coefficient (Wildman–Crippen LogP) is 2.28. The van der Waals surface area contributed by atoms with Gasteiger partial charge >= 0.3 is 0 Å². The molecule has 2 unspecified atom stereocenters. The van der Waals surface area contributed by atoms with Crippen molar-refractivity contribution in [2.75, 3.05) is 0 Å². The van der Waals surface area contributed by atoms with E-state index < -0.39 is 18.0 Å². The Morgan fingerprint density at radius 1 is 1.43 bits per heavy atom. The highest BCUT2D eigenvalue weighted by molar-refractivity contribution is 6.30. The third kappa shape index (κ3) is 2.94. The Labute approximate surface area is 86.9 Å². The number of halogens is 2. The molecule has 4 heteroatoms. The van der Waals surface area contributed by atoms with Crippen molar-refractivity contribution < 1.29 is 14.6 Å². The zero-order valence-corrected chi connectivity index (χ0v) is 8.50. The zero-order valence-electron chi connectivity index (χ0n) is 7.74. The standard InChI is InChI=1S/C10H12ClFO2/c1-6(13)4-10(14)7-2-3-8(11)9(12)5-7/h2-3,5-6,10,13-14H,4H2,1H3. The fraction of sp³-hybridized carbons (Fsp3) is 0.400. The molecule has 0 saturated heterocycles. The molecule has 0 bridgehead atoms. The summed E-state index contributed by atoms with van der Waals surface area (Å²) in [5.74, 6) is -0.561. The molecule has 0 aliphatic carbocycles. The highest BCUT2D eigenvalue weighted by Gasteiger charge is 2.12. The molecule has 0 fully saturated rings. The second kappa shape index (κ2) is 4.73. The summed E-state index contributed by atoms with van der Waals surface area (Å²) in [5, 5.41) is 18.6. The van der Waals surface area contributed by atoms with Gasteiger partial charge in [-0.3, -0.25) is 0 Å². The van der Waals surface area contributed by atoms with E-state index in [-0.39, 0.29) is 11.4 Å². The van der Waals surface area contributed by atoms with Crippen molar-refractivity contribution in [3.63, 3.8) is 0 Å². The van der Waals surface area contributed by atoms with Crippen LogP contribution in [0.5, 0.6) is 0 Å². The van der Waals surface area contributed by atoms with Gasteiger partial charge in [-0.1, -0.05) is 17.7 Å². The van der Waals surface area contributed by atoms with E-state index in [1.54, 1.807) is 13.0 Å². The highest BCUT2D eigenvalue weighted by Crippen LogP contribution is 2.22. The number of rotatable bonds is 3. The Morgan fingerprint density at radius 3 is 2.57 bits per heavy atom. The lowest BCUT2D eigenvalue weighted by Crippen LogP contribution is -2.08. The fourth-order valence-corrected chi connectivity index (χ4v) is 1.30. The molecule has 1 rings (SSSR count). The van der Waals surface area contributed by atoms with Crippen LogP contribution in [0.25, 0.3) is 0 Å². The molecule has 0 radical (unpaired) electrons. The maximum atomic E-state index is 13.0. The average Bonchev–Trinajstić information content (AvgIpc) is 2.08. The van der Waals surface area contributed by atoms with Gasteiger partial charge in [0, 0.05) is 6.42 Å². The summed E-state index contributed by atoms with van der Waals surface area (Å²) >= 11 is 5.49. The smallest absolute Gasteiger partial charge is 0.142 e. The Hall–Kier alpha value is -0.640. The van der Waals surface area contributed by atoms with Crippen LogP contribution in [0.2, 0.25) is 5.02 Å². The lowest BCUT2D eigenvalue weighted by atomic mass is 10.0. The van der Waals surface area contributed by atoms with Crippen molar-refractivity contribution in [1.29, 1.82) is 0 Å². The Bertz CT molecular complexity index is 315. The van der Waals surface area contributed by atoms with E-state index in [1.165, 1.54) is 12.1 Å². The van der Waals surface area contributed by atoms with Crippen molar-refractivity contribution in [1.82, 2.24) is 0 Å². The van der Waals surface area contributed by atoms with Gasteiger partial charge in [0.25, 0.3) is 0 Å². The lowest BCUT2D eigenvalue weighted by molar-refractivity contribution is 0.0905. The first kappa shape index (κ1) is 11.4. The number of benzene rings is 1. The van der Waals surface area contributed by atoms with Gasteiger partial charge in [-0.2, -0.15) is 0 Å². The first-order chi connectivity index (χ1) is 6.50. The largest absolute Gasteiger partial charge is 0.393 e. The van der Waals surface area contributed by atoms with Crippen LogP contribution in [0.15, 0.2) is 18.2 Å². The molecule has 0 aromatic heterocycles. The molecule has 0 spiro atoms. The van der Waals surface area contributed by atoms with Gasteiger partial charge in [0.15, 0.2) is 0 Å². The number of aliphatic hydroxyl groups excluding tert-OH is 2. The van der Waals surface area contributed by atoms with Crippen LogP contribution in [0.1, 0.15) is 25.0 Å².